The number of ether oxygens (including phenoxy) is 1. The molecule has 0 aliphatic rings. The number of nitrogens with zero attached hydrogens (tertiary/aromatic N) is 1. The average Bonchev–Trinajstić information content (AvgIpc) is 2.93. The topological polar surface area (TPSA) is 37.6 Å². The molecule has 0 bridgehead atoms. The van der Waals surface area contributed by atoms with E-state index in [1.165, 1.54) is 0 Å². The number of benzene rings is 1. The van der Waals surface area contributed by atoms with Gasteiger partial charge < -0.3 is 19.4 Å². The van der Waals surface area contributed by atoms with Gasteiger partial charge in [0.15, 0.2) is 11.3 Å². The Bertz CT molecular complexity index is 561. The van der Waals surface area contributed by atoms with Gasteiger partial charge in [0.1, 0.15) is 5.76 Å². The Kier molecular flexibility index (Phi) is 5.65. The largest absolute Gasteiger partial charge is 0.493 e. The van der Waals surface area contributed by atoms with Crippen molar-refractivity contribution in [1.29, 1.82) is 0 Å². The van der Waals surface area contributed by atoms with Crippen molar-refractivity contribution in [1.82, 2.24) is 10.2 Å². The van der Waals surface area contributed by atoms with Gasteiger partial charge in [0.2, 0.25) is 0 Å². The zero-order valence-electron chi connectivity index (χ0n) is 13.5. The minimum absolute atomic E-state index is 0.431. The lowest BCUT2D eigenvalue weighted by molar-refractivity contribution is 0.268. The van der Waals surface area contributed by atoms with E-state index in [9.17, 15) is 0 Å². The van der Waals surface area contributed by atoms with Gasteiger partial charge in [-0.25, -0.2) is 0 Å². The number of hydrogen-bond acceptors (Lipinski definition) is 4. The maximum Gasteiger partial charge on any atom is 0.176 e. The van der Waals surface area contributed by atoms with Gasteiger partial charge in [-0.15, -0.1) is 0 Å². The molecule has 0 spiro atoms. The molecule has 1 heterocycles. The standard InChI is InChI=1S/C17H26N2O2/c1-5-19(6-2)12-13(3)18-11-15-10-14-8-7-9-16(20-4)17(14)21-15/h7-10,13,18H,5-6,11-12H2,1-4H3. The lowest BCUT2D eigenvalue weighted by Crippen LogP contribution is -2.38. The van der Waals surface area contributed by atoms with Gasteiger partial charge in [0.05, 0.1) is 13.7 Å². The molecular weight excluding hydrogens is 264 g/mol. The molecule has 1 aromatic heterocycles. The first kappa shape index (κ1) is 15.9. The van der Waals surface area contributed by atoms with Crippen molar-refractivity contribution in [2.24, 2.45) is 0 Å². The monoisotopic (exact) mass is 290 g/mol. The van der Waals surface area contributed by atoms with Crippen LogP contribution in [0.4, 0.5) is 0 Å². The third-order valence-electron chi connectivity index (χ3n) is 3.83. The lowest BCUT2D eigenvalue weighted by atomic mass is 10.2. The average molecular weight is 290 g/mol. The van der Waals surface area contributed by atoms with Crippen LogP contribution in [0.15, 0.2) is 28.7 Å². The van der Waals surface area contributed by atoms with E-state index >= 15 is 0 Å². The second kappa shape index (κ2) is 7.48. The Morgan fingerprint density at radius 3 is 2.71 bits per heavy atom. The number of para-hydroxylation sites is 1. The van der Waals surface area contributed by atoms with E-state index in [4.69, 9.17) is 9.15 Å². The summed E-state index contributed by atoms with van der Waals surface area (Å²) in [4.78, 5) is 2.42. The molecule has 4 heteroatoms. The third kappa shape index (κ3) is 3.99. The highest BCUT2D eigenvalue weighted by Gasteiger charge is 2.10. The second-order valence-electron chi connectivity index (χ2n) is 5.36. The van der Waals surface area contributed by atoms with Crippen LogP contribution < -0.4 is 10.1 Å². The fourth-order valence-electron chi connectivity index (χ4n) is 2.55. The SMILES string of the molecule is CCN(CC)CC(C)NCc1cc2cccc(OC)c2o1. The van der Waals surface area contributed by atoms with Gasteiger partial charge in [0.25, 0.3) is 0 Å². The van der Waals surface area contributed by atoms with Crippen LogP contribution in [-0.4, -0.2) is 37.7 Å². The van der Waals surface area contributed by atoms with Crippen LogP contribution in [0.25, 0.3) is 11.0 Å². The first-order chi connectivity index (χ1) is 10.2. The smallest absolute Gasteiger partial charge is 0.176 e. The molecule has 21 heavy (non-hydrogen) atoms. The van der Waals surface area contributed by atoms with Crippen molar-refractivity contribution in [2.75, 3.05) is 26.7 Å². The van der Waals surface area contributed by atoms with E-state index in [1.807, 2.05) is 18.2 Å². The van der Waals surface area contributed by atoms with Crippen molar-refractivity contribution in [3.63, 3.8) is 0 Å². The van der Waals surface area contributed by atoms with E-state index in [0.717, 1.165) is 48.7 Å². The molecule has 0 aliphatic heterocycles. The van der Waals surface area contributed by atoms with E-state index in [1.54, 1.807) is 7.11 Å². The molecule has 0 saturated carbocycles. The van der Waals surface area contributed by atoms with Crippen LogP contribution in [-0.2, 0) is 6.54 Å². The number of methoxy groups -OCH3 is 1. The zero-order chi connectivity index (χ0) is 15.2. The molecule has 0 amide bonds. The number of rotatable bonds is 8. The Morgan fingerprint density at radius 2 is 2.05 bits per heavy atom. The first-order valence-electron chi connectivity index (χ1n) is 7.69. The Hall–Kier alpha value is -1.52. The second-order valence-corrected chi connectivity index (χ2v) is 5.36. The highest BCUT2D eigenvalue weighted by Crippen LogP contribution is 2.28. The van der Waals surface area contributed by atoms with Gasteiger partial charge in [-0.3, -0.25) is 0 Å². The van der Waals surface area contributed by atoms with E-state index in [2.05, 4.69) is 37.1 Å². The van der Waals surface area contributed by atoms with Gasteiger partial charge in [-0.2, -0.15) is 0 Å². The predicted octanol–water partition coefficient (Wildman–Crippen LogP) is 3.26. The highest BCUT2D eigenvalue weighted by molar-refractivity contribution is 5.83. The van der Waals surface area contributed by atoms with Crippen molar-refractivity contribution in [3.8, 4) is 5.75 Å². The van der Waals surface area contributed by atoms with E-state index in [-0.39, 0.29) is 0 Å². The number of furan rings is 1. The van der Waals surface area contributed by atoms with Crippen LogP contribution in [0.2, 0.25) is 0 Å². The highest BCUT2D eigenvalue weighted by atomic mass is 16.5. The summed E-state index contributed by atoms with van der Waals surface area (Å²) in [6.07, 6.45) is 0. The summed E-state index contributed by atoms with van der Waals surface area (Å²) in [7, 11) is 1.67. The maximum absolute atomic E-state index is 5.90. The van der Waals surface area contributed by atoms with Crippen LogP contribution in [0.3, 0.4) is 0 Å². The molecule has 1 unspecified atom stereocenters. The molecule has 0 aliphatic carbocycles. The molecule has 0 fully saturated rings. The Labute approximate surface area is 127 Å². The molecule has 1 aromatic carbocycles. The molecule has 2 aromatic rings. The summed E-state index contributed by atoms with van der Waals surface area (Å²) in [5, 5.41) is 4.61. The van der Waals surface area contributed by atoms with Gasteiger partial charge in [0, 0.05) is 18.0 Å². The molecule has 0 radical (unpaired) electrons. The molecule has 1 N–H and O–H groups in total. The Balaban J connectivity index is 1.97. The minimum atomic E-state index is 0.431. The van der Waals surface area contributed by atoms with Crippen LogP contribution >= 0.6 is 0 Å². The summed E-state index contributed by atoms with van der Waals surface area (Å²) >= 11 is 0. The summed E-state index contributed by atoms with van der Waals surface area (Å²) in [6.45, 7) is 10.6. The van der Waals surface area contributed by atoms with Gasteiger partial charge >= 0.3 is 0 Å². The number of hydrogen-bond donors (Lipinski definition) is 1. The molecule has 116 valence electrons. The molecule has 4 nitrogen and oxygen atoms in total. The van der Waals surface area contributed by atoms with Crippen molar-refractivity contribution >= 4 is 11.0 Å². The summed E-state index contributed by atoms with van der Waals surface area (Å²) in [5.74, 6) is 1.73. The first-order valence-corrected chi connectivity index (χ1v) is 7.69. The van der Waals surface area contributed by atoms with Crippen LogP contribution in [0, 0.1) is 0 Å². The normalized spacial score (nSPS) is 13.0. The Morgan fingerprint density at radius 1 is 1.29 bits per heavy atom. The van der Waals surface area contributed by atoms with Crippen LogP contribution in [0.1, 0.15) is 26.5 Å². The van der Waals surface area contributed by atoms with Gasteiger partial charge in [-0.05, 0) is 32.1 Å². The third-order valence-corrected chi connectivity index (χ3v) is 3.83. The van der Waals surface area contributed by atoms with Crippen LogP contribution in [0.5, 0.6) is 5.75 Å². The molecular formula is C17H26N2O2. The summed E-state index contributed by atoms with van der Waals surface area (Å²) < 4.78 is 11.2. The number of nitrogens with one attached hydrogen (secondary N) is 1. The minimum Gasteiger partial charge on any atom is -0.493 e. The van der Waals surface area contributed by atoms with Crippen molar-refractivity contribution < 1.29 is 9.15 Å². The molecule has 1 atom stereocenters. The van der Waals surface area contributed by atoms with E-state index in [0.29, 0.717) is 6.04 Å². The number of fused-ring (bicyclic) bond motifs is 1. The lowest BCUT2D eigenvalue weighted by Gasteiger charge is -2.23. The van der Waals surface area contributed by atoms with Crippen molar-refractivity contribution in [3.05, 3.63) is 30.0 Å². The summed E-state index contributed by atoms with van der Waals surface area (Å²) in [5.41, 5.74) is 0.827. The van der Waals surface area contributed by atoms with Crippen molar-refractivity contribution in [2.45, 2.75) is 33.4 Å². The predicted molar refractivity (Wildman–Crippen MR) is 86.9 cm³/mol. The zero-order valence-corrected chi connectivity index (χ0v) is 13.5. The van der Waals surface area contributed by atoms with Gasteiger partial charge in [-0.1, -0.05) is 26.0 Å². The quantitative estimate of drug-likeness (QED) is 0.810. The number of likely N-dealkylation sites (N-methyl/N-ethyl adjacent to an activating group) is 1. The fourth-order valence-corrected chi connectivity index (χ4v) is 2.55. The maximum atomic E-state index is 5.90. The molecule has 2 rings (SSSR count). The fraction of sp³-hybridized carbons (Fsp3) is 0.529. The summed E-state index contributed by atoms with van der Waals surface area (Å²) in [6, 6.07) is 8.46. The van der Waals surface area contributed by atoms with E-state index < -0.39 is 0 Å². The molecule has 0 saturated heterocycles.